The normalized spacial score (nSPS) is 20.9. The van der Waals surface area contributed by atoms with Crippen molar-refractivity contribution in [1.29, 1.82) is 0 Å². The van der Waals surface area contributed by atoms with Crippen LogP contribution in [0.4, 0.5) is 0 Å². The third-order valence-corrected chi connectivity index (χ3v) is 3.14. The molecule has 2 amide bonds. The van der Waals surface area contributed by atoms with Crippen LogP contribution in [-0.2, 0) is 4.79 Å². The van der Waals surface area contributed by atoms with E-state index in [1.807, 2.05) is 6.29 Å². The summed E-state index contributed by atoms with van der Waals surface area (Å²) in [7, 11) is 0. The lowest BCUT2D eigenvalue weighted by atomic mass is 10.1. The molecule has 0 bridgehead atoms. The summed E-state index contributed by atoms with van der Waals surface area (Å²) in [5.74, 6) is -0.747. The molecule has 1 aromatic rings. The number of rotatable bonds is 2. The quantitative estimate of drug-likeness (QED) is 0.688. The second-order valence-corrected chi connectivity index (χ2v) is 4.12. The van der Waals surface area contributed by atoms with Gasteiger partial charge in [0.15, 0.2) is 0 Å². The van der Waals surface area contributed by atoms with Crippen molar-refractivity contribution in [1.82, 2.24) is 4.90 Å². The van der Waals surface area contributed by atoms with E-state index in [1.165, 1.54) is 0 Å². The molecule has 79 valence electrons. The number of carbonyl (C=O) groups is 2. The maximum atomic E-state index is 12.0. The largest absolute Gasteiger partial charge is 0.288 e. The fraction of sp³-hybridized carbons (Fsp3) is 0.250. The first-order valence-electron chi connectivity index (χ1n) is 5.07. The number of hydrogen-bond acceptors (Lipinski definition) is 3. The van der Waals surface area contributed by atoms with Crippen molar-refractivity contribution in [3.8, 4) is 0 Å². The van der Waals surface area contributed by atoms with Crippen molar-refractivity contribution < 1.29 is 14.4 Å². The van der Waals surface area contributed by atoms with Crippen molar-refractivity contribution >= 4 is 18.1 Å². The molecule has 0 atom stereocenters. The van der Waals surface area contributed by atoms with Gasteiger partial charge in [-0.1, -0.05) is 12.1 Å². The molecule has 4 heteroatoms. The van der Waals surface area contributed by atoms with Gasteiger partial charge < -0.3 is 0 Å². The number of fused-ring (bicyclic) bond motifs is 1. The van der Waals surface area contributed by atoms with Crippen molar-refractivity contribution in [3.63, 3.8) is 0 Å². The molecule has 0 saturated heterocycles. The molecule has 1 aliphatic carbocycles. The Kier molecular flexibility index (Phi) is 1.61. The summed E-state index contributed by atoms with van der Waals surface area (Å²) in [4.78, 5) is 35.9. The first-order valence-corrected chi connectivity index (χ1v) is 5.07. The minimum absolute atomic E-state index is 0.374. The van der Waals surface area contributed by atoms with Crippen LogP contribution in [0, 0.1) is 0 Å². The number of hydrogen-bond donors (Lipinski definition) is 0. The maximum Gasteiger partial charge on any atom is 0.262 e. The van der Waals surface area contributed by atoms with Crippen LogP contribution < -0.4 is 0 Å². The number of benzene rings is 1. The van der Waals surface area contributed by atoms with Gasteiger partial charge in [0, 0.05) is 0 Å². The zero-order valence-electron chi connectivity index (χ0n) is 8.40. The highest BCUT2D eigenvalue weighted by Gasteiger charge is 2.57. The molecule has 4 nitrogen and oxygen atoms in total. The fourth-order valence-corrected chi connectivity index (χ4v) is 2.07. The van der Waals surface area contributed by atoms with E-state index in [-0.39, 0.29) is 11.8 Å². The van der Waals surface area contributed by atoms with E-state index in [1.54, 1.807) is 24.3 Å². The third kappa shape index (κ3) is 0.961. The molecule has 1 radical (unpaired) electrons. The van der Waals surface area contributed by atoms with E-state index in [9.17, 15) is 14.4 Å². The average Bonchev–Trinajstić information content (AvgIpc) is 3.05. The topological polar surface area (TPSA) is 54.5 Å². The summed E-state index contributed by atoms with van der Waals surface area (Å²) in [6, 6.07) is 6.63. The molecule has 0 unspecified atom stereocenters. The van der Waals surface area contributed by atoms with Crippen molar-refractivity contribution in [2.45, 2.75) is 18.4 Å². The van der Waals surface area contributed by atoms with Gasteiger partial charge in [0.05, 0.1) is 11.1 Å². The van der Waals surface area contributed by atoms with E-state index in [4.69, 9.17) is 0 Å². The zero-order chi connectivity index (χ0) is 11.3. The Balaban J connectivity index is 2.12. The predicted molar refractivity (Wildman–Crippen MR) is 54.6 cm³/mol. The van der Waals surface area contributed by atoms with Crippen LogP contribution in [0.1, 0.15) is 33.6 Å². The first kappa shape index (κ1) is 9.27. The highest BCUT2D eigenvalue weighted by Crippen LogP contribution is 2.43. The van der Waals surface area contributed by atoms with Crippen LogP contribution in [0.3, 0.4) is 0 Å². The fourth-order valence-electron chi connectivity index (χ4n) is 2.07. The van der Waals surface area contributed by atoms with Crippen LogP contribution in [0.2, 0.25) is 0 Å². The molecule has 1 heterocycles. The van der Waals surface area contributed by atoms with Crippen LogP contribution in [0.15, 0.2) is 24.3 Å². The summed E-state index contributed by atoms with van der Waals surface area (Å²) < 4.78 is 0. The minimum Gasteiger partial charge on any atom is -0.288 e. The summed E-state index contributed by atoms with van der Waals surface area (Å²) >= 11 is 0. The molecule has 0 N–H and O–H groups in total. The van der Waals surface area contributed by atoms with E-state index >= 15 is 0 Å². The van der Waals surface area contributed by atoms with E-state index < -0.39 is 5.54 Å². The van der Waals surface area contributed by atoms with Gasteiger partial charge in [-0.05, 0) is 25.0 Å². The van der Waals surface area contributed by atoms with Crippen LogP contribution >= 0.6 is 0 Å². The van der Waals surface area contributed by atoms with Crippen LogP contribution in [0.5, 0.6) is 0 Å². The van der Waals surface area contributed by atoms with Gasteiger partial charge in [0.25, 0.3) is 11.8 Å². The summed E-state index contributed by atoms with van der Waals surface area (Å²) in [6.07, 6.45) is 2.88. The van der Waals surface area contributed by atoms with E-state index in [0.717, 1.165) is 4.90 Å². The average molecular weight is 214 g/mol. The Morgan fingerprint density at radius 3 is 1.94 bits per heavy atom. The predicted octanol–water partition coefficient (Wildman–Crippen LogP) is 0.925. The number of carbonyl (C=O) groups excluding carboxylic acids is 3. The highest BCUT2D eigenvalue weighted by molar-refractivity contribution is 6.23. The van der Waals surface area contributed by atoms with Gasteiger partial charge in [0.2, 0.25) is 6.29 Å². The lowest BCUT2D eigenvalue weighted by Gasteiger charge is -2.19. The zero-order valence-corrected chi connectivity index (χ0v) is 8.40. The smallest absolute Gasteiger partial charge is 0.262 e. The molecule has 2 aliphatic rings. The van der Waals surface area contributed by atoms with Gasteiger partial charge in [-0.25, -0.2) is 0 Å². The molecular formula is C12H8NO3. The number of imide groups is 1. The van der Waals surface area contributed by atoms with E-state index in [2.05, 4.69) is 0 Å². The van der Waals surface area contributed by atoms with Gasteiger partial charge >= 0.3 is 0 Å². The third-order valence-electron chi connectivity index (χ3n) is 3.14. The second-order valence-electron chi connectivity index (χ2n) is 4.12. The van der Waals surface area contributed by atoms with Crippen molar-refractivity contribution in [2.24, 2.45) is 0 Å². The molecule has 1 fully saturated rings. The molecule has 16 heavy (non-hydrogen) atoms. The van der Waals surface area contributed by atoms with Crippen molar-refractivity contribution in [2.75, 3.05) is 0 Å². The Morgan fingerprint density at radius 1 is 1.06 bits per heavy atom. The van der Waals surface area contributed by atoms with Gasteiger partial charge in [0.1, 0.15) is 5.54 Å². The summed E-state index contributed by atoms with van der Waals surface area (Å²) in [5.41, 5.74) is -0.212. The molecule has 0 spiro atoms. The lowest BCUT2D eigenvalue weighted by Crippen LogP contribution is -2.42. The second kappa shape index (κ2) is 2.78. The molecule has 1 saturated carbocycles. The summed E-state index contributed by atoms with van der Waals surface area (Å²) in [5, 5.41) is 0. The van der Waals surface area contributed by atoms with Gasteiger partial charge in [-0.3, -0.25) is 19.3 Å². The summed E-state index contributed by atoms with van der Waals surface area (Å²) in [6.45, 7) is 0. The first-order chi connectivity index (χ1) is 7.69. The molecule has 0 aromatic heterocycles. The van der Waals surface area contributed by atoms with Gasteiger partial charge in [-0.2, -0.15) is 0 Å². The molecular weight excluding hydrogens is 206 g/mol. The number of amides is 2. The lowest BCUT2D eigenvalue weighted by molar-refractivity contribution is 0.0607. The Bertz CT molecular complexity index is 482. The monoisotopic (exact) mass is 214 g/mol. The molecule has 3 rings (SSSR count). The van der Waals surface area contributed by atoms with E-state index in [0.29, 0.717) is 24.0 Å². The Hall–Kier alpha value is -1.97. The maximum absolute atomic E-state index is 12.0. The Morgan fingerprint density at radius 2 is 1.56 bits per heavy atom. The number of nitrogens with zero attached hydrogens (tertiary/aromatic N) is 1. The van der Waals surface area contributed by atoms with Crippen LogP contribution in [0.25, 0.3) is 0 Å². The molecule has 1 aliphatic heterocycles. The standard InChI is InChI=1S/C12H8NO3/c14-7-12(5-6-12)13-10(15)8-3-1-2-4-9(8)11(13)16/h1-4H,5-6H2. The Labute approximate surface area is 91.9 Å². The minimum atomic E-state index is -0.979. The molecule has 1 aromatic carbocycles. The van der Waals surface area contributed by atoms with Crippen LogP contribution in [-0.4, -0.2) is 28.5 Å². The SMILES string of the molecule is O=[C]C1(N2C(=O)c3ccccc3C2=O)CC1. The van der Waals surface area contributed by atoms with Crippen molar-refractivity contribution in [3.05, 3.63) is 35.4 Å². The highest BCUT2D eigenvalue weighted by atomic mass is 16.2. The van der Waals surface area contributed by atoms with Gasteiger partial charge in [-0.15, -0.1) is 0 Å².